The molecule has 0 radical (unpaired) electrons. The Kier molecular flexibility index (Phi) is 3.75. The van der Waals surface area contributed by atoms with Crippen LogP contribution in [0.3, 0.4) is 0 Å². The number of ether oxygens (including phenoxy) is 3. The molecule has 2 aliphatic heterocycles. The van der Waals surface area contributed by atoms with Crippen LogP contribution < -0.4 is 25.3 Å². The largest absolute Gasteiger partial charge is 0.493 e. The summed E-state index contributed by atoms with van der Waals surface area (Å²) < 4.78 is 15.9. The van der Waals surface area contributed by atoms with Gasteiger partial charge in [0.2, 0.25) is 11.7 Å². The summed E-state index contributed by atoms with van der Waals surface area (Å²) in [7, 11) is 4.65. The van der Waals surface area contributed by atoms with Gasteiger partial charge in [0, 0.05) is 17.8 Å². The van der Waals surface area contributed by atoms with Gasteiger partial charge < -0.3 is 30.2 Å². The summed E-state index contributed by atoms with van der Waals surface area (Å²) in [6, 6.07) is 3.52. The molecule has 9 nitrogen and oxygen atoms in total. The number of benzene rings is 1. The molecule has 0 amide bonds. The minimum Gasteiger partial charge on any atom is -0.493 e. The molecular formula is C14H16N6O3. The molecule has 4 N–H and O–H groups in total. The highest BCUT2D eigenvalue weighted by molar-refractivity contribution is 5.70. The third-order valence-electron chi connectivity index (χ3n) is 3.23. The number of hydrogen-bond donors (Lipinski definition) is 3. The van der Waals surface area contributed by atoms with Crippen molar-refractivity contribution in [3.63, 3.8) is 0 Å². The van der Waals surface area contributed by atoms with Crippen molar-refractivity contribution in [1.82, 2.24) is 19.9 Å². The predicted molar refractivity (Wildman–Crippen MR) is 84.6 cm³/mol. The van der Waals surface area contributed by atoms with E-state index in [0.29, 0.717) is 46.2 Å². The van der Waals surface area contributed by atoms with Gasteiger partial charge in [0.05, 0.1) is 21.3 Å². The fourth-order valence-electron chi connectivity index (χ4n) is 2.20. The van der Waals surface area contributed by atoms with Gasteiger partial charge in [0.1, 0.15) is 17.8 Å². The van der Waals surface area contributed by atoms with Crippen LogP contribution in [0.5, 0.6) is 17.2 Å². The number of imidazole rings is 1. The number of nitrogens with one attached hydrogen (secondary N) is 2. The molecule has 1 aromatic carbocycles. The van der Waals surface area contributed by atoms with Crippen molar-refractivity contribution in [2.24, 2.45) is 0 Å². The van der Waals surface area contributed by atoms with Crippen molar-refractivity contribution in [2.45, 2.75) is 0 Å². The maximum atomic E-state index is 5.91. The van der Waals surface area contributed by atoms with Crippen LogP contribution in [-0.4, -0.2) is 41.3 Å². The molecule has 0 saturated carbocycles. The number of fused-ring (bicyclic) bond motifs is 1. The van der Waals surface area contributed by atoms with Crippen LogP contribution in [0, 0.1) is 0 Å². The lowest BCUT2D eigenvalue weighted by Crippen LogP contribution is -2.05. The van der Waals surface area contributed by atoms with Crippen molar-refractivity contribution in [1.29, 1.82) is 0 Å². The Labute approximate surface area is 132 Å². The third-order valence-corrected chi connectivity index (χ3v) is 3.23. The molecule has 0 bridgehead atoms. The first kappa shape index (κ1) is 14.7. The van der Waals surface area contributed by atoms with Crippen LogP contribution in [0.25, 0.3) is 11.5 Å². The lowest BCUT2D eigenvalue weighted by atomic mass is 10.2. The highest BCUT2D eigenvalue weighted by Gasteiger charge is 2.16. The number of hydrogen-bond acceptors (Lipinski definition) is 8. The first-order valence-corrected chi connectivity index (χ1v) is 6.69. The minimum absolute atomic E-state index is 0.377. The van der Waals surface area contributed by atoms with Crippen LogP contribution in [0.4, 0.5) is 17.5 Å². The van der Waals surface area contributed by atoms with Gasteiger partial charge >= 0.3 is 0 Å². The molecule has 0 aliphatic carbocycles. The summed E-state index contributed by atoms with van der Waals surface area (Å²) in [5.41, 5.74) is 7.12. The van der Waals surface area contributed by atoms with Gasteiger partial charge in [0.25, 0.3) is 0 Å². The van der Waals surface area contributed by atoms with Gasteiger partial charge in [-0.2, -0.15) is 4.98 Å². The summed E-state index contributed by atoms with van der Waals surface area (Å²) in [4.78, 5) is 15.3. The van der Waals surface area contributed by atoms with Crippen LogP contribution in [0.1, 0.15) is 0 Å². The van der Waals surface area contributed by atoms with E-state index in [2.05, 4.69) is 25.3 Å². The molecule has 2 heterocycles. The van der Waals surface area contributed by atoms with Crippen LogP contribution >= 0.6 is 0 Å². The molecule has 3 rings (SSSR count). The third kappa shape index (κ3) is 2.63. The highest BCUT2D eigenvalue weighted by atomic mass is 16.5. The van der Waals surface area contributed by atoms with E-state index in [1.165, 1.54) is 6.33 Å². The second kappa shape index (κ2) is 5.87. The van der Waals surface area contributed by atoms with Crippen molar-refractivity contribution >= 4 is 17.5 Å². The predicted octanol–water partition coefficient (Wildman–Crippen LogP) is 1.66. The smallest absolute Gasteiger partial charge is 0.208 e. The Balaban J connectivity index is 2.00. The van der Waals surface area contributed by atoms with E-state index in [4.69, 9.17) is 19.9 Å². The SMILES string of the molecule is COc1cc(Nc2nc3ncnc-3c(N)[nH]2)cc(OC)c1OC. The van der Waals surface area contributed by atoms with E-state index in [-0.39, 0.29) is 0 Å². The number of nitrogen functional groups attached to an aromatic ring is 1. The maximum Gasteiger partial charge on any atom is 0.208 e. The molecule has 0 unspecified atom stereocenters. The van der Waals surface area contributed by atoms with Crippen LogP contribution in [0.15, 0.2) is 18.5 Å². The summed E-state index contributed by atoms with van der Waals surface area (Å²) in [6.07, 6.45) is 1.41. The monoisotopic (exact) mass is 316 g/mol. The minimum atomic E-state index is 0.377. The quantitative estimate of drug-likeness (QED) is 0.650. The second-order valence-corrected chi connectivity index (χ2v) is 4.58. The normalized spacial score (nSPS) is 10.6. The number of nitrogens with two attached hydrogens (primary N) is 1. The van der Waals surface area contributed by atoms with Crippen molar-refractivity contribution in [2.75, 3.05) is 32.4 Å². The highest BCUT2D eigenvalue weighted by Crippen LogP contribution is 2.40. The molecular weight excluding hydrogens is 300 g/mol. The van der Waals surface area contributed by atoms with Gasteiger partial charge in [-0.05, 0) is 0 Å². The second-order valence-electron chi connectivity index (χ2n) is 4.58. The zero-order valence-electron chi connectivity index (χ0n) is 12.9. The number of H-pyrrole nitrogens is 1. The van der Waals surface area contributed by atoms with E-state index < -0.39 is 0 Å². The zero-order valence-corrected chi connectivity index (χ0v) is 12.9. The van der Waals surface area contributed by atoms with Crippen LogP contribution in [-0.2, 0) is 0 Å². The number of aromatic amines is 1. The Morgan fingerprint density at radius 1 is 1.04 bits per heavy atom. The molecule has 120 valence electrons. The van der Waals surface area contributed by atoms with E-state index in [1.54, 1.807) is 33.5 Å². The summed E-state index contributed by atoms with van der Waals surface area (Å²) in [5.74, 6) is 2.81. The van der Waals surface area contributed by atoms with Gasteiger partial charge in [-0.15, -0.1) is 0 Å². The Morgan fingerprint density at radius 3 is 2.35 bits per heavy atom. The maximum absolute atomic E-state index is 5.91. The Bertz CT molecular complexity index is 778. The molecule has 0 atom stereocenters. The fraction of sp³-hybridized carbons (Fsp3) is 0.214. The van der Waals surface area contributed by atoms with E-state index >= 15 is 0 Å². The first-order valence-electron chi connectivity index (χ1n) is 6.69. The van der Waals surface area contributed by atoms with E-state index in [1.807, 2.05) is 0 Å². The molecule has 1 aromatic rings. The summed E-state index contributed by atoms with van der Waals surface area (Å²) >= 11 is 0. The molecule has 0 fully saturated rings. The van der Waals surface area contributed by atoms with Gasteiger partial charge in [-0.25, -0.2) is 9.97 Å². The van der Waals surface area contributed by atoms with E-state index in [0.717, 1.165) is 0 Å². The number of nitrogens with zero attached hydrogens (tertiary/aromatic N) is 3. The summed E-state index contributed by atoms with van der Waals surface area (Å²) in [6.45, 7) is 0. The molecule has 0 saturated heterocycles. The van der Waals surface area contributed by atoms with Crippen molar-refractivity contribution in [3.8, 4) is 28.8 Å². The Hall–Kier alpha value is -3.23. The topological polar surface area (TPSA) is 120 Å². The molecule has 2 aliphatic rings. The van der Waals surface area contributed by atoms with Gasteiger partial charge in [-0.1, -0.05) is 0 Å². The summed E-state index contributed by atoms with van der Waals surface area (Å²) in [5, 5.41) is 3.10. The molecule has 0 aromatic heterocycles. The van der Waals surface area contributed by atoms with Crippen molar-refractivity contribution < 1.29 is 14.2 Å². The van der Waals surface area contributed by atoms with Crippen molar-refractivity contribution in [3.05, 3.63) is 18.5 Å². The average Bonchev–Trinajstić information content (AvgIpc) is 3.02. The van der Waals surface area contributed by atoms with Gasteiger partial charge in [-0.3, -0.25) is 0 Å². The Morgan fingerprint density at radius 2 is 1.74 bits per heavy atom. The van der Waals surface area contributed by atoms with E-state index in [9.17, 15) is 0 Å². The molecule has 23 heavy (non-hydrogen) atoms. The average molecular weight is 316 g/mol. The number of methoxy groups -OCH3 is 3. The molecule has 9 heteroatoms. The molecule has 0 spiro atoms. The zero-order chi connectivity index (χ0) is 16.4. The lowest BCUT2D eigenvalue weighted by molar-refractivity contribution is 0.324. The lowest BCUT2D eigenvalue weighted by Gasteiger charge is -2.15. The fourth-order valence-corrected chi connectivity index (χ4v) is 2.20. The van der Waals surface area contributed by atoms with Gasteiger partial charge in [0.15, 0.2) is 17.3 Å². The van der Waals surface area contributed by atoms with Crippen LogP contribution in [0.2, 0.25) is 0 Å². The first-order chi connectivity index (χ1) is 11.2. The number of aromatic nitrogens is 4. The number of rotatable bonds is 5. The number of anilines is 3. The standard InChI is InChI=1S/C14H16N6O3/c1-21-8-4-7(5-9(22-2)11(8)23-3)18-14-19-12(15)10-13(20-14)17-6-16-10/h4-6H,1-3H3,(H4,15,16,17,18,19,20).